The van der Waals surface area contributed by atoms with Crippen molar-refractivity contribution in [2.45, 2.75) is 25.4 Å². The smallest absolute Gasteiger partial charge is 0.242 e. The lowest BCUT2D eigenvalue weighted by Crippen LogP contribution is -2.44. The zero-order valence-electron chi connectivity index (χ0n) is 9.31. The molecule has 1 saturated heterocycles. The molecule has 1 fully saturated rings. The molecule has 1 amide bonds. The van der Waals surface area contributed by atoms with Gasteiger partial charge in [0.1, 0.15) is 5.82 Å². The van der Waals surface area contributed by atoms with Gasteiger partial charge in [-0.25, -0.2) is 4.68 Å². The van der Waals surface area contributed by atoms with Crippen LogP contribution in [0.1, 0.15) is 19.4 Å². The summed E-state index contributed by atoms with van der Waals surface area (Å²) < 4.78 is 1.83. The monoisotopic (exact) mass is 223 g/mol. The van der Waals surface area contributed by atoms with E-state index < -0.39 is 6.04 Å². The van der Waals surface area contributed by atoms with Crippen molar-refractivity contribution >= 4 is 11.7 Å². The average Bonchev–Trinajstić information content (AvgIpc) is 2.62. The van der Waals surface area contributed by atoms with Crippen LogP contribution in [-0.2, 0) is 4.79 Å². The first-order valence-electron chi connectivity index (χ1n) is 5.53. The van der Waals surface area contributed by atoms with Crippen LogP contribution in [0.3, 0.4) is 0 Å². The number of nitrogens with two attached hydrogens (primary N) is 1. The summed E-state index contributed by atoms with van der Waals surface area (Å²) in [7, 11) is 0. The van der Waals surface area contributed by atoms with Crippen molar-refractivity contribution < 1.29 is 4.79 Å². The number of carbonyl (C=O) groups is 1. The molecular formula is C10H17N5O. The molecule has 0 saturated carbocycles. The van der Waals surface area contributed by atoms with Gasteiger partial charge in [0.25, 0.3) is 0 Å². The number of amides is 1. The molecule has 2 heterocycles. The average molecular weight is 223 g/mol. The highest BCUT2D eigenvalue weighted by molar-refractivity contribution is 5.93. The van der Waals surface area contributed by atoms with E-state index in [1.165, 1.54) is 0 Å². The Labute approximate surface area is 94.2 Å². The fourth-order valence-electron chi connectivity index (χ4n) is 1.55. The molecule has 4 N–H and O–H groups in total. The van der Waals surface area contributed by atoms with E-state index >= 15 is 0 Å². The van der Waals surface area contributed by atoms with Crippen LogP contribution >= 0.6 is 0 Å². The van der Waals surface area contributed by atoms with Crippen LogP contribution in [0.2, 0.25) is 0 Å². The molecule has 1 aliphatic rings. The quantitative estimate of drug-likeness (QED) is 0.654. The van der Waals surface area contributed by atoms with Crippen molar-refractivity contribution in [1.82, 2.24) is 15.1 Å². The minimum Gasteiger partial charge on any atom is -0.320 e. The van der Waals surface area contributed by atoms with Gasteiger partial charge in [-0.1, -0.05) is 6.92 Å². The van der Waals surface area contributed by atoms with E-state index in [2.05, 4.69) is 15.7 Å². The van der Waals surface area contributed by atoms with E-state index in [0.29, 0.717) is 12.5 Å². The van der Waals surface area contributed by atoms with Crippen molar-refractivity contribution in [3.63, 3.8) is 0 Å². The molecule has 0 unspecified atom stereocenters. The molecule has 16 heavy (non-hydrogen) atoms. The maximum absolute atomic E-state index is 11.6. The number of aromatic nitrogens is 2. The van der Waals surface area contributed by atoms with Gasteiger partial charge in [-0.15, -0.1) is 0 Å². The zero-order chi connectivity index (χ0) is 11.5. The predicted molar refractivity (Wildman–Crippen MR) is 61.0 cm³/mol. The highest BCUT2D eigenvalue weighted by Gasteiger charge is 2.22. The number of hydrogen-bond donors (Lipinski definition) is 3. The van der Waals surface area contributed by atoms with Crippen molar-refractivity contribution in [3.05, 3.63) is 12.3 Å². The third kappa shape index (κ3) is 2.07. The van der Waals surface area contributed by atoms with Gasteiger partial charge in [-0.2, -0.15) is 5.10 Å². The first-order chi connectivity index (χ1) is 7.72. The van der Waals surface area contributed by atoms with Crippen LogP contribution in [0, 0.1) is 0 Å². The third-order valence-corrected chi connectivity index (χ3v) is 2.80. The fraction of sp³-hybridized carbons (Fsp3) is 0.600. The largest absolute Gasteiger partial charge is 0.320 e. The number of nitrogens with one attached hydrogen (secondary N) is 2. The molecule has 1 aliphatic heterocycles. The molecule has 6 nitrogen and oxygen atoms in total. The second-order valence-electron chi connectivity index (χ2n) is 3.98. The Bertz CT molecular complexity index is 371. The minimum absolute atomic E-state index is 0.156. The molecule has 2 rings (SSSR count). The van der Waals surface area contributed by atoms with Crippen LogP contribution in [0.4, 0.5) is 5.82 Å². The molecule has 0 aromatic carbocycles. The normalized spacial score (nSPS) is 17.9. The van der Waals surface area contributed by atoms with Crippen molar-refractivity contribution in [1.29, 1.82) is 0 Å². The topological polar surface area (TPSA) is 85.0 Å². The van der Waals surface area contributed by atoms with Gasteiger partial charge < -0.3 is 16.4 Å². The summed E-state index contributed by atoms with van der Waals surface area (Å²) in [5.74, 6) is 0.567. The molecular weight excluding hydrogens is 206 g/mol. The van der Waals surface area contributed by atoms with Crippen LogP contribution in [0.5, 0.6) is 0 Å². The van der Waals surface area contributed by atoms with E-state index in [-0.39, 0.29) is 5.91 Å². The summed E-state index contributed by atoms with van der Waals surface area (Å²) in [5.41, 5.74) is 5.65. The Morgan fingerprint density at radius 1 is 1.81 bits per heavy atom. The fourth-order valence-corrected chi connectivity index (χ4v) is 1.55. The summed E-state index contributed by atoms with van der Waals surface area (Å²) >= 11 is 0. The SMILES string of the molecule is CC[C@@H](N)C(=O)Nc1ccnn1C1CNC1. The maximum Gasteiger partial charge on any atom is 0.242 e. The lowest BCUT2D eigenvalue weighted by Gasteiger charge is -2.28. The molecule has 6 heteroatoms. The molecule has 1 atom stereocenters. The second-order valence-corrected chi connectivity index (χ2v) is 3.98. The number of rotatable bonds is 4. The first kappa shape index (κ1) is 11.1. The van der Waals surface area contributed by atoms with E-state index in [9.17, 15) is 4.79 Å². The first-order valence-corrected chi connectivity index (χ1v) is 5.53. The van der Waals surface area contributed by atoms with Crippen LogP contribution in [0.15, 0.2) is 12.3 Å². The number of anilines is 1. The van der Waals surface area contributed by atoms with Crippen molar-refractivity contribution in [2.24, 2.45) is 5.73 Å². The van der Waals surface area contributed by atoms with Gasteiger partial charge in [-0.3, -0.25) is 4.79 Å². The van der Waals surface area contributed by atoms with Gasteiger partial charge >= 0.3 is 0 Å². The maximum atomic E-state index is 11.6. The van der Waals surface area contributed by atoms with Gasteiger partial charge in [0, 0.05) is 19.2 Å². The zero-order valence-corrected chi connectivity index (χ0v) is 9.31. The standard InChI is InChI=1S/C10H17N5O/c1-2-8(11)10(16)14-9-3-4-13-15(9)7-5-12-6-7/h3-4,7-8,12H,2,5-6,11H2,1H3,(H,14,16)/t8-/m1/s1. The van der Waals surface area contributed by atoms with Crippen LogP contribution in [-0.4, -0.2) is 34.8 Å². The van der Waals surface area contributed by atoms with E-state index in [1.54, 1.807) is 12.3 Å². The summed E-state index contributed by atoms with van der Waals surface area (Å²) in [4.78, 5) is 11.6. The number of carbonyl (C=O) groups excluding carboxylic acids is 1. The molecule has 0 radical (unpaired) electrons. The second kappa shape index (κ2) is 4.63. The molecule has 1 aromatic rings. The number of nitrogens with zero attached hydrogens (tertiary/aromatic N) is 2. The van der Waals surface area contributed by atoms with E-state index in [1.807, 2.05) is 11.6 Å². The summed E-state index contributed by atoms with van der Waals surface area (Å²) in [6.45, 7) is 3.67. The molecule has 0 aliphatic carbocycles. The Balaban J connectivity index is 2.03. The predicted octanol–water partition coefficient (Wildman–Crippen LogP) is -0.297. The summed E-state index contributed by atoms with van der Waals surface area (Å²) in [5, 5.41) is 10.2. The Morgan fingerprint density at radius 2 is 2.56 bits per heavy atom. The van der Waals surface area contributed by atoms with Crippen LogP contribution in [0.25, 0.3) is 0 Å². The summed E-state index contributed by atoms with van der Waals surface area (Å²) in [6.07, 6.45) is 2.32. The van der Waals surface area contributed by atoms with Gasteiger partial charge in [0.2, 0.25) is 5.91 Å². The highest BCUT2D eigenvalue weighted by atomic mass is 16.2. The van der Waals surface area contributed by atoms with Crippen molar-refractivity contribution in [3.8, 4) is 0 Å². The molecule has 88 valence electrons. The molecule has 0 bridgehead atoms. The molecule has 0 spiro atoms. The van der Waals surface area contributed by atoms with Gasteiger partial charge in [-0.05, 0) is 6.42 Å². The Kier molecular flexibility index (Phi) is 3.21. The van der Waals surface area contributed by atoms with E-state index in [4.69, 9.17) is 5.73 Å². The van der Waals surface area contributed by atoms with Crippen molar-refractivity contribution in [2.75, 3.05) is 18.4 Å². The van der Waals surface area contributed by atoms with E-state index in [0.717, 1.165) is 18.9 Å². The molecule has 1 aromatic heterocycles. The van der Waals surface area contributed by atoms with Gasteiger partial charge in [0.15, 0.2) is 0 Å². The lowest BCUT2D eigenvalue weighted by molar-refractivity contribution is -0.117. The minimum atomic E-state index is -0.456. The van der Waals surface area contributed by atoms with Crippen LogP contribution < -0.4 is 16.4 Å². The Morgan fingerprint density at radius 3 is 3.12 bits per heavy atom. The number of hydrogen-bond acceptors (Lipinski definition) is 4. The van der Waals surface area contributed by atoms with Gasteiger partial charge in [0.05, 0.1) is 18.3 Å². The summed E-state index contributed by atoms with van der Waals surface area (Å²) in [6, 6.07) is 1.67. The highest BCUT2D eigenvalue weighted by Crippen LogP contribution is 2.17. The lowest BCUT2D eigenvalue weighted by atomic mass is 10.2. The third-order valence-electron chi connectivity index (χ3n) is 2.80. The Hall–Kier alpha value is -1.40.